The van der Waals surface area contributed by atoms with Crippen molar-refractivity contribution < 1.29 is 18.0 Å². The fourth-order valence-corrected chi connectivity index (χ4v) is 2.60. The fourth-order valence-electron chi connectivity index (χ4n) is 1.85. The number of nitriles is 1. The number of pyridine rings is 1. The van der Waals surface area contributed by atoms with Gasteiger partial charge in [-0.3, -0.25) is 4.79 Å². The first-order chi connectivity index (χ1) is 10.8. The topological polar surface area (TPSA) is 79.8 Å². The average Bonchev–Trinajstić information content (AvgIpc) is 2.51. The molecular formula is C15H10F3N3OS. The van der Waals surface area contributed by atoms with Crippen molar-refractivity contribution >= 4 is 17.7 Å². The molecular weight excluding hydrogens is 327 g/mol. The van der Waals surface area contributed by atoms with E-state index in [1.807, 2.05) is 0 Å². The lowest BCUT2D eigenvalue weighted by atomic mass is 10.1. The van der Waals surface area contributed by atoms with Crippen LogP contribution in [-0.4, -0.2) is 16.6 Å². The van der Waals surface area contributed by atoms with Crippen LogP contribution in [0.15, 0.2) is 41.4 Å². The molecule has 1 heterocycles. The molecule has 0 aliphatic rings. The van der Waals surface area contributed by atoms with Crippen LogP contribution in [0.1, 0.15) is 11.1 Å². The van der Waals surface area contributed by atoms with Crippen molar-refractivity contribution in [2.24, 2.45) is 5.73 Å². The zero-order chi connectivity index (χ0) is 17.0. The summed E-state index contributed by atoms with van der Waals surface area (Å²) in [6.45, 7) is 0. The van der Waals surface area contributed by atoms with Crippen molar-refractivity contribution in [1.29, 1.82) is 5.26 Å². The van der Waals surface area contributed by atoms with Crippen molar-refractivity contribution in [3.63, 3.8) is 0 Å². The van der Waals surface area contributed by atoms with Gasteiger partial charge in [0.1, 0.15) is 11.1 Å². The first kappa shape index (κ1) is 16.8. The van der Waals surface area contributed by atoms with Crippen molar-refractivity contribution in [3.8, 4) is 17.3 Å². The Hall–Kier alpha value is -2.53. The van der Waals surface area contributed by atoms with Crippen molar-refractivity contribution in [2.45, 2.75) is 11.2 Å². The Morgan fingerprint density at radius 3 is 2.48 bits per heavy atom. The number of aromatic nitrogens is 1. The number of nitrogens with two attached hydrogens (primary N) is 1. The van der Waals surface area contributed by atoms with Gasteiger partial charge in [-0.2, -0.15) is 18.4 Å². The first-order valence-electron chi connectivity index (χ1n) is 6.31. The molecule has 23 heavy (non-hydrogen) atoms. The number of primary amides is 1. The highest BCUT2D eigenvalue weighted by Crippen LogP contribution is 2.37. The zero-order valence-electron chi connectivity index (χ0n) is 11.6. The number of carbonyl (C=O) groups is 1. The molecule has 2 aromatic rings. The van der Waals surface area contributed by atoms with Crippen LogP contribution in [0.25, 0.3) is 11.3 Å². The number of hydrogen-bond donors (Lipinski definition) is 1. The molecule has 0 saturated carbocycles. The maximum absolute atomic E-state index is 13.2. The van der Waals surface area contributed by atoms with Crippen molar-refractivity contribution in [2.75, 3.05) is 5.75 Å². The Morgan fingerprint density at radius 1 is 1.30 bits per heavy atom. The van der Waals surface area contributed by atoms with Crippen LogP contribution in [0.2, 0.25) is 0 Å². The first-order valence-corrected chi connectivity index (χ1v) is 7.30. The van der Waals surface area contributed by atoms with Crippen LogP contribution in [0, 0.1) is 11.3 Å². The molecule has 0 saturated heterocycles. The monoisotopic (exact) mass is 337 g/mol. The molecule has 0 aliphatic carbocycles. The molecule has 0 radical (unpaired) electrons. The van der Waals surface area contributed by atoms with Crippen LogP contribution in [0.4, 0.5) is 13.2 Å². The van der Waals surface area contributed by atoms with E-state index in [0.717, 1.165) is 6.07 Å². The Bertz CT molecular complexity index is 770. The summed E-state index contributed by atoms with van der Waals surface area (Å²) in [7, 11) is 0. The minimum absolute atomic E-state index is 0.0731. The largest absolute Gasteiger partial charge is 0.417 e. The van der Waals surface area contributed by atoms with Crippen molar-refractivity contribution in [3.05, 3.63) is 47.5 Å². The predicted octanol–water partition coefficient (Wildman–Crippen LogP) is 3.22. The van der Waals surface area contributed by atoms with Crippen LogP contribution in [0.3, 0.4) is 0 Å². The molecule has 0 fully saturated rings. The number of rotatable bonds is 4. The lowest BCUT2D eigenvalue weighted by Gasteiger charge is -2.14. The van der Waals surface area contributed by atoms with E-state index in [2.05, 4.69) is 4.98 Å². The number of halogens is 3. The maximum atomic E-state index is 13.2. The van der Waals surface area contributed by atoms with E-state index in [4.69, 9.17) is 11.0 Å². The average molecular weight is 337 g/mol. The van der Waals surface area contributed by atoms with Gasteiger partial charge < -0.3 is 5.73 Å². The highest BCUT2D eigenvalue weighted by Gasteiger charge is 2.36. The number of carbonyl (C=O) groups excluding carboxylic acids is 1. The van der Waals surface area contributed by atoms with Gasteiger partial charge in [-0.1, -0.05) is 42.1 Å². The summed E-state index contributed by atoms with van der Waals surface area (Å²) in [6, 6.07) is 10.6. The lowest BCUT2D eigenvalue weighted by Crippen LogP contribution is -2.14. The second kappa shape index (κ2) is 6.71. The SMILES string of the molecule is N#Cc1c(C(F)(F)F)cc(-c2ccccc2)nc1SCC(N)=O. The number of nitrogens with zero attached hydrogens (tertiary/aromatic N) is 2. The molecule has 0 spiro atoms. The minimum atomic E-state index is -4.71. The van der Waals surface area contributed by atoms with Gasteiger partial charge in [0.2, 0.25) is 5.91 Å². The standard InChI is InChI=1S/C15H10F3N3OS/c16-15(17,18)11-6-12(9-4-2-1-3-5-9)21-14(10(11)7-19)23-8-13(20)22/h1-6H,8H2,(H2,20,22). The van der Waals surface area contributed by atoms with E-state index in [1.165, 1.54) is 6.07 Å². The normalized spacial score (nSPS) is 11.0. The van der Waals surface area contributed by atoms with Gasteiger partial charge in [0, 0.05) is 5.56 Å². The summed E-state index contributed by atoms with van der Waals surface area (Å²) in [5.74, 6) is -0.976. The Labute approximate surface area is 134 Å². The van der Waals surface area contributed by atoms with E-state index in [9.17, 15) is 18.0 Å². The quantitative estimate of drug-likeness (QED) is 0.869. The number of amides is 1. The highest BCUT2D eigenvalue weighted by molar-refractivity contribution is 8.00. The van der Waals surface area contributed by atoms with Crippen LogP contribution < -0.4 is 5.73 Å². The third-order valence-corrected chi connectivity index (χ3v) is 3.82. The maximum Gasteiger partial charge on any atom is 0.417 e. The molecule has 1 aromatic heterocycles. The zero-order valence-corrected chi connectivity index (χ0v) is 12.4. The summed E-state index contributed by atoms with van der Waals surface area (Å²) in [5, 5.41) is 8.90. The summed E-state index contributed by atoms with van der Waals surface area (Å²) < 4.78 is 39.7. The van der Waals surface area contributed by atoms with Gasteiger partial charge in [0.05, 0.1) is 22.6 Å². The molecule has 8 heteroatoms. The molecule has 118 valence electrons. The van der Waals surface area contributed by atoms with Gasteiger partial charge in [0.25, 0.3) is 0 Å². The molecule has 4 nitrogen and oxygen atoms in total. The third-order valence-electron chi connectivity index (χ3n) is 2.82. The molecule has 0 unspecified atom stereocenters. The van der Waals surface area contributed by atoms with Crippen LogP contribution in [0.5, 0.6) is 0 Å². The fraction of sp³-hybridized carbons (Fsp3) is 0.133. The number of alkyl halides is 3. The summed E-state index contributed by atoms with van der Waals surface area (Å²) in [6.07, 6.45) is -4.71. The molecule has 0 bridgehead atoms. The van der Waals surface area contributed by atoms with E-state index >= 15 is 0 Å². The van der Waals surface area contributed by atoms with Gasteiger partial charge in [-0.05, 0) is 6.07 Å². The van der Waals surface area contributed by atoms with Crippen molar-refractivity contribution in [1.82, 2.24) is 4.98 Å². The summed E-state index contributed by atoms with van der Waals surface area (Å²) >= 11 is 0.711. The molecule has 0 aliphatic heterocycles. The van der Waals surface area contributed by atoms with Gasteiger partial charge >= 0.3 is 6.18 Å². The van der Waals surface area contributed by atoms with Gasteiger partial charge in [-0.25, -0.2) is 4.98 Å². The highest BCUT2D eigenvalue weighted by atomic mass is 32.2. The van der Waals surface area contributed by atoms with Crippen LogP contribution >= 0.6 is 11.8 Å². The summed E-state index contributed by atoms with van der Waals surface area (Å²) in [4.78, 5) is 15.0. The summed E-state index contributed by atoms with van der Waals surface area (Å²) in [5.41, 5.74) is 3.87. The Balaban J connectivity index is 2.64. The minimum Gasteiger partial charge on any atom is -0.369 e. The van der Waals surface area contributed by atoms with Crippen LogP contribution in [-0.2, 0) is 11.0 Å². The van der Waals surface area contributed by atoms with Gasteiger partial charge in [0.15, 0.2) is 0 Å². The number of thioether (sulfide) groups is 1. The number of hydrogen-bond acceptors (Lipinski definition) is 4. The van der Waals surface area contributed by atoms with E-state index < -0.39 is 23.2 Å². The van der Waals surface area contributed by atoms with E-state index in [0.29, 0.717) is 17.3 Å². The smallest absolute Gasteiger partial charge is 0.369 e. The second-order valence-corrected chi connectivity index (χ2v) is 5.43. The third kappa shape index (κ3) is 4.02. The van der Waals surface area contributed by atoms with E-state index in [1.54, 1.807) is 30.3 Å². The lowest BCUT2D eigenvalue weighted by molar-refractivity contribution is -0.138. The Kier molecular flexibility index (Phi) is 4.91. The predicted molar refractivity (Wildman–Crippen MR) is 79.3 cm³/mol. The Morgan fingerprint density at radius 2 is 1.96 bits per heavy atom. The van der Waals surface area contributed by atoms with E-state index in [-0.39, 0.29) is 16.5 Å². The number of benzene rings is 1. The molecule has 2 rings (SSSR count). The van der Waals surface area contributed by atoms with Gasteiger partial charge in [-0.15, -0.1) is 0 Å². The molecule has 0 atom stereocenters. The molecule has 2 N–H and O–H groups in total. The second-order valence-electron chi connectivity index (χ2n) is 4.47. The molecule has 1 aromatic carbocycles. The molecule has 1 amide bonds.